The summed E-state index contributed by atoms with van der Waals surface area (Å²) in [5, 5.41) is 19.5. The third-order valence-electron chi connectivity index (χ3n) is 10.0. The molecule has 4 N–H and O–H groups in total. The highest BCUT2D eigenvalue weighted by Crippen LogP contribution is 2.46. The maximum absolute atomic E-state index is 4.79. The maximum atomic E-state index is 4.79. The van der Waals surface area contributed by atoms with Crippen LogP contribution in [0, 0.1) is 0 Å². The van der Waals surface area contributed by atoms with Crippen molar-refractivity contribution in [3.63, 3.8) is 0 Å². The first-order valence-corrected chi connectivity index (χ1v) is 17.7. The van der Waals surface area contributed by atoms with Crippen molar-refractivity contribution < 1.29 is 0 Å². The number of hydrogen-bond acceptors (Lipinski definition) is 7. The summed E-state index contributed by atoms with van der Waals surface area (Å²) in [6.45, 7) is 4.22. The standard InChI is InChI=1S/C40H46N8/c1-47(21-6-19-41-33-18-17-31-14-13-29-7-2-4-9-35(29)44-37(31)24-33)26-40-43-27-48(46-40)22-20-42-39-25-38-32(23-34(39)28-11-12-28)16-15-30-8-3-5-10-36(30)45-38/h2-5,7-10,17-18,23-25,27-28,41-42,44-45H,6,11-16,19-22,26H2,1H3. The van der Waals surface area contributed by atoms with Crippen LogP contribution >= 0.6 is 0 Å². The number of hydrogen-bond donors (Lipinski definition) is 4. The molecule has 3 heterocycles. The molecule has 1 aliphatic carbocycles. The Labute approximate surface area is 284 Å². The Hall–Kier alpha value is -4.82. The molecule has 8 nitrogen and oxygen atoms in total. The number of para-hydroxylation sites is 2. The average molecular weight is 639 g/mol. The molecule has 0 atom stereocenters. The fourth-order valence-electron chi connectivity index (χ4n) is 7.16. The second kappa shape index (κ2) is 13.7. The van der Waals surface area contributed by atoms with Gasteiger partial charge in [0.05, 0.1) is 13.1 Å². The van der Waals surface area contributed by atoms with Crippen LogP contribution in [0.25, 0.3) is 0 Å². The number of aryl methyl sites for hydroxylation is 4. The summed E-state index contributed by atoms with van der Waals surface area (Å²) >= 11 is 0. The lowest BCUT2D eigenvalue weighted by atomic mass is 9.99. The van der Waals surface area contributed by atoms with Crippen LogP contribution in [-0.2, 0) is 38.8 Å². The minimum atomic E-state index is 0.685. The van der Waals surface area contributed by atoms with E-state index >= 15 is 0 Å². The van der Waals surface area contributed by atoms with E-state index in [2.05, 4.69) is 117 Å². The van der Waals surface area contributed by atoms with E-state index in [1.807, 2.05) is 11.0 Å². The molecule has 0 bridgehead atoms. The highest BCUT2D eigenvalue weighted by Gasteiger charge is 2.28. The van der Waals surface area contributed by atoms with Crippen LogP contribution < -0.4 is 21.3 Å². The predicted molar refractivity (Wildman–Crippen MR) is 197 cm³/mol. The lowest BCUT2D eigenvalue weighted by molar-refractivity contribution is 0.316. The molecule has 1 aromatic heterocycles. The number of nitrogens with zero attached hydrogens (tertiary/aromatic N) is 4. The van der Waals surface area contributed by atoms with Crippen LogP contribution in [0.4, 0.5) is 34.1 Å². The molecule has 1 saturated carbocycles. The van der Waals surface area contributed by atoms with Gasteiger partial charge in [0.15, 0.2) is 5.82 Å². The molecule has 0 saturated heterocycles. The number of rotatable bonds is 12. The van der Waals surface area contributed by atoms with Crippen LogP contribution in [0.1, 0.15) is 58.8 Å². The molecule has 246 valence electrons. The molecule has 0 spiro atoms. The van der Waals surface area contributed by atoms with Crippen LogP contribution in [0.3, 0.4) is 0 Å². The van der Waals surface area contributed by atoms with Crippen LogP contribution in [0.2, 0.25) is 0 Å². The third-order valence-corrected chi connectivity index (χ3v) is 10.0. The number of aromatic nitrogens is 3. The van der Waals surface area contributed by atoms with Crippen molar-refractivity contribution in [1.29, 1.82) is 0 Å². The highest BCUT2D eigenvalue weighted by atomic mass is 15.3. The number of anilines is 6. The van der Waals surface area contributed by atoms with Gasteiger partial charge in [-0.3, -0.25) is 9.58 Å². The van der Waals surface area contributed by atoms with Crippen molar-refractivity contribution in [2.45, 2.75) is 64.0 Å². The average Bonchev–Trinajstić information content (AvgIpc) is 3.90. The van der Waals surface area contributed by atoms with E-state index in [1.165, 1.54) is 69.1 Å². The molecule has 8 heteroatoms. The zero-order valence-corrected chi connectivity index (χ0v) is 27.9. The van der Waals surface area contributed by atoms with Crippen molar-refractivity contribution in [3.05, 3.63) is 119 Å². The van der Waals surface area contributed by atoms with Crippen LogP contribution in [0.15, 0.2) is 85.2 Å². The monoisotopic (exact) mass is 638 g/mol. The molecule has 0 unspecified atom stereocenters. The lowest BCUT2D eigenvalue weighted by Gasteiger charge is -2.17. The fourth-order valence-corrected chi connectivity index (χ4v) is 7.16. The largest absolute Gasteiger partial charge is 0.385 e. The molecule has 8 rings (SSSR count). The molecular weight excluding hydrogens is 592 g/mol. The molecule has 5 aromatic rings. The van der Waals surface area contributed by atoms with E-state index in [0.29, 0.717) is 5.92 Å². The Morgan fingerprint density at radius 2 is 1.44 bits per heavy atom. The number of fused-ring (bicyclic) bond motifs is 4. The molecular formula is C40H46N8. The molecule has 4 aromatic carbocycles. The Kier molecular flexibility index (Phi) is 8.73. The second-order valence-electron chi connectivity index (χ2n) is 13.7. The SMILES string of the molecule is CN(CCCNc1ccc2c(c1)Nc1ccccc1CC2)Cc1ncn(CCNc2cc3c(cc2C2CC2)CCc2ccccc2N3)n1. The minimum absolute atomic E-state index is 0.685. The molecule has 0 amide bonds. The molecule has 0 radical (unpaired) electrons. The summed E-state index contributed by atoms with van der Waals surface area (Å²) in [5.74, 6) is 1.55. The second-order valence-corrected chi connectivity index (χ2v) is 13.7. The quantitative estimate of drug-likeness (QED) is 0.104. The summed E-state index contributed by atoms with van der Waals surface area (Å²) in [5.41, 5.74) is 14.4. The van der Waals surface area contributed by atoms with E-state index in [1.54, 1.807) is 0 Å². The summed E-state index contributed by atoms with van der Waals surface area (Å²) in [6.07, 6.45) is 9.78. The third kappa shape index (κ3) is 7.04. The van der Waals surface area contributed by atoms with E-state index in [4.69, 9.17) is 5.10 Å². The van der Waals surface area contributed by atoms with Gasteiger partial charge in [0.1, 0.15) is 6.33 Å². The van der Waals surface area contributed by atoms with Gasteiger partial charge < -0.3 is 21.3 Å². The Balaban J connectivity index is 0.801. The first-order chi connectivity index (χ1) is 23.6. The van der Waals surface area contributed by atoms with E-state index < -0.39 is 0 Å². The van der Waals surface area contributed by atoms with E-state index in [0.717, 1.165) is 76.3 Å². The number of benzene rings is 4. The van der Waals surface area contributed by atoms with Gasteiger partial charge in [0, 0.05) is 47.2 Å². The minimum Gasteiger partial charge on any atom is -0.385 e. The van der Waals surface area contributed by atoms with E-state index in [-0.39, 0.29) is 0 Å². The molecule has 2 aliphatic heterocycles. The fraction of sp³-hybridized carbons (Fsp3) is 0.350. The highest BCUT2D eigenvalue weighted by molar-refractivity contribution is 5.74. The van der Waals surface area contributed by atoms with Gasteiger partial charge in [-0.1, -0.05) is 48.5 Å². The van der Waals surface area contributed by atoms with Gasteiger partial charge >= 0.3 is 0 Å². The van der Waals surface area contributed by atoms with Crippen LogP contribution in [0.5, 0.6) is 0 Å². The van der Waals surface area contributed by atoms with Gasteiger partial charge in [-0.15, -0.1) is 0 Å². The van der Waals surface area contributed by atoms with Gasteiger partial charge in [-0.05, 0) is 123 Å². The van der Waals surface area contributed by atoms with Gasteiger partial charge in [0.2, 0.25) is 0 Å². The van der Waals surface area contributed by atoms with Crippen molar-refractivity contribution in [3.8, 4) is 0 Å². The first kappa shape index (κ1) is 30.5. The van der Waals surface area contributed by atoms with Gasteiger partial charge in [-0.25, -0.2) is 4.98 Å². The Bertz CT molecular complexity index is 1890. The summed E-state index contributed by atoms with van der Waals surface area (Å²) in [4.78, 5) is 6.92. The number of nitrogens with one attached hydrogen (secondary N) is 4. The van der Waals surface area contributed by atoms with Crippen molar-refractivity contribution in [2.24, 2.45) is 0 Å². The topological polar surface area (TPSA) is 82.1 Å². The molecule has 1 fully saturated rings. The first-order valence-electron chi connectivity index (χ1n) is 17.7. The predicted octanol–water partition coefficient (Wildman–Crippen LogP) is 7.89. The van der Waals surface area contributed by atoms with Gasteiger partial charge in [0.25, 0.3) is 0 Å². The smallest absolute Gasteiger partial charge is 0.164 e. The van der Waals surface area contributed by atoms with Crippen molar-refractivity contribution >= 4 is 34.1 Å². The Morgan fingerprint density at radius 3 is 2.19 bits per heavy atom. The normalized spacial score (nSPS) is 14.8. The zero-order chi connectivity index (χ0) is 32.3. The lowest BCUT2D eigenvalue weighted by Crippen LogP contribution is -2.22. The van der Waals surface area contributed by atoms with E-state index in [9.17, 15) is 0 Å². The summed E-state index contributed by atoms with van der Waals surface area (Å²) in [6, 6.07) is 28.8. The maximum Gasteiger partial charge on any atom is 0.164 e. The molecule has 3 aliphatic rings. The van der Waals surface area contributed by atoms with Crippen molar-refractivity contribution in [2.75, 3.05) is 47.9 Å². The van der Waals surface area contributed by atoms with Gasteiger partial charge in [-0.2, -0.15) is 5.10 Å². The Morgan fingerprint density at radius 1 is 0.750 bits per heavy atom. The summed E-state index contributed by atoms with van der Waals surface area (Å²) in [7, 11) is 2.15. The zero-order valence-electron chi connectivity index (χ0n) is 27.9. The van der Waals surface area contributed by atoms with Crippen molar-refractivity contribution in [1.82, 2.24) is 19.7 Å². The molecule has 48 heavy (non-hydrogen) atoms. The summed E-state index contributed by atoms with van der Waals surface area (Å²) < 4.78 is 1.97. The van der Waals surface area contributed by atoms with Crippen LogP contribution in [-0.4, -0.2) is 46.3 Å².